The molecule has 0 bridgehead atoms. The van der Waals surface area contributed by atoms with E-state index in [1.165, 1.54) is 12.8 Å². The highest BCUT2D eigenvalue weighted by Gasteiger charge is 2.25. The van der Waals surface area contributed by atoms with E-state index < -0.39 is 0 Å². The van der Waals surface area contributed by atoms with Crippen molar-refractivity contribution >= 4 is 10.9 Å². The fraction of sp³-hybridized carbons (Fsp3) is 0.429. The van der Waals surface area contributed by atoms with E-state index in [0.29, 0.717) is 6.04 Å². The van der Waals surface area contributed by atoms with Crippen molar-refractivity contribution in [2.45, 2.75) is 38.6 Å². The van der Waals surface area contributed by atoms with Gasteiger partial charge >= 0.3 is 0 Å². The van der Waals surface area contributed by atoms with Gasteiger partial charge in [0.25, 0.3) is 0 Å². The van der Waals surface area contributed by atoms with E-state index in [4.69, 9.17) is 0 Å². The van der Waals surface area contributed by atoms with Crippen LogP contribution in [0.3, 0.4) is 0 Å². The molecule has 1 aromatic heterocycles. The predicted molar refractivity (Wildman–Crippen MR) is 64.3 cm³/mol. The van der Waals surface area contributed by atoms with Gasteiger partial charge < -0.3 is 4.57 Å². The summed E-state index contributed by atoms with van der Waals surface area (Å²) in [6, 6.07) is 6.52. The Morgan fingerprint density at radius 1 is 1.25 bits per heavy atom. The second-order valence-corrected chi connectivity index (χ2v) is 5.01. The second kappa shape index (κ2) is 3.34. The molecule has 1 aliphatic carbocycles. The molecule has 16 heavy (non-hydrogen) atoms. The van der Waals surface area contributed by atoms with Crippen LogP contribution in [-0.2, 0) is 0 Å². The molecule has 1 aliphatic rings. The molecule has 0 spiro atoms. The lowest BCUT2D eigenvalue weighted by Crippen LogP contribution is -1.95. The molecular formula is C14H16FN. The van der Waals surface area contributed by atoms with Crippen molar-refractivity contribution < 1.29 is 4.39 Å². The first kappa shape index (κ1) is 9.88. The van der Waals surface area contributed by atoms with Gasteiger partial charge in [0, 0.05) is 17.6 Å². The number of nitrogens with zero attached hydrogens (tertiary/aromatic N) is 1. The molecule has 1 fully saturated rings. The molecule has 1 nitrogen and oxygen atoms in total. The highest BCUT2D eigenvalue weighted by atomic mass is 19.1. The number of fused-ring (bicyclic) bond motifs is 1. The Labute approximate surface area is 94.9 Å². The molecule has 84 valence electrons. The Morgan fingerprint density at radius 3 is 2.62 bits per heavy atom. The van der Waals surface area contributed by atoms with Crippen molar-refractivity contribution in [3.05, 3.63) is 35.8 Å². The summed E-state index contributed by atoms with van der Waals surface area (Å²) in [5.41, 5.74) is 1.87. The first-order valence-electron chi connectivity index (χ1n) is 5.97. The molecule has 0 unspecified atom stereocenters. The minimum atomic E-state index is -0.0353. The minimum Gasteiger partial charge on any atom is -0.344 e. The molecule has 0 aliphatic heterocycles. The molecule has 1 heterocycles. The Bertz CT molecular complexity index is 535. The van der Waals surface area contributed by atoms with E-state index >= 15 is 0 Å². The maximum absolute atomic E-state index is 14.2. The first-order chi connectivity index (χ1) is 7.68. The third kappa shape index (κ3) is 1.36. The highest BCUT2D eigenvalue weighted by Crippen LogP contribution is 2.38. The normalized spacial score (nSPS) is 16.2. The molecule has 1 aromatic carbocycles. The van der Waals surface area contributed by atoms with Gasteiger partial charge in [-0.15, -0.1) is 0 Å². The van der Waals surface area contributed by atoms with Gasteiger partial charge in [0.05, 0.1) is 5.52 Å². The molecule has 0 radical (unpaired) electrons. The van der Waals surface area contributed by atoms with Crippen LogP contribution in [0, 0.1) is 5.82 Å². The van der Waals surface area contributed by atoms with Crippen LogP contribution in [0.1, 0.15) is 44.2 Å². The molecule has 1 saturated carbocycles. The molecule has 3 rings (SSSR count). The van der Waals surface area contributed by atoms with Crippen molar-refractivity contribution in [2.24, 2.45) is 0 Å². The van der Waals surface area contributed by atoms with E-state index in [1.54, 1.807) is 0 Å². The van der Waals surface area contributed by atoms with E-state index in [1.807, 2.05) is 32.2 Å². The summed E-state index contributed by atoms with van der Waals surface area (Å²) < 4.78 is 16.4. The number of hydrogen-bond donors (Lipinski definition) is 0. The summed E-state index contributed by atoms with van der Waals surface area (Å²) >= 11 is 0. The van der Waals surface area contributed by atoms with Gasteiger partial charge in [0.15, 0.2) is 0 Å². The average Bonchev–Trinajstić information content (AvgIpc) is 2.99. The van der Waals surface area contributed by atoms with Crippen LogP contribution in [0.4, 0.5) is 4.39 Å². The van der Waals surface area contributed by atoms with Crippen molar-refractivity contribution in [2.75, 3.05) is 0 Å². The van der Waals surface area contributed by atoms with Crippen LogP contribution < -0.4 is 0 Å². The molecule has 0 amide bonds. The second-order valence-electron chi connectivity index (χ2n) is 5.01. The van der Waals surface area contributed by atoms with Crippen molar-refractivity contribution in [3.63, 3.8) is 0 Å². The zero-order valence-electron chi connectivity index (χ0n) is 9.70. The van der Waals surface area contributed by atoms with Crippen LogP contribution in [-0.4, -0.2) is 4.57 Å². The lowest BCUT2D eigenvalue weighted by molar-refractivity contribution is 0.609. The Kier molecular flexibility index (Phi) is 2.06. The number of halogens is 1. The third-order valence-corrected chi connectivity index (χ3v) is 3.43. The topological polar surface area (TPSA) is 4.93 Å². The Morgan fingerprint density at radius 2 is 2.00 bits per heavy atom. The fourth-order valence-corrected chi connectivity index (χ4v) is 2.34. The predicted octanol–water partition coefficient (Wildman–Crippen LogP) is 4.24. The summed E-state index contributed by atoms with van der Waals surface area (Å²) in [5, 5.41) is 0.776. The highest BCUT2D eigenvalue weighted by molar-refractivity contribution is 5.82. The van der Waals surface area contributed by atoms with Gasteiger partial charge in [0.1, 0.15) is 5.82 Å². The quantitative estimate of drug-likeness (QED) is 0.709. The number of benzene rings is 1. The SMILES string of the molecule is CC(C)c1ccc2c(ccn2C2CC2)c1F. The van der Waals surface area contributed by atoms with E-state index in [0.717, 1.165) is 16.5 Å². The van der Waals surface area contributed by atoms with Gasteiger partial charge in [-0.3, -0.25) is 0 Å². The molecular weight excluding hydrogens is 201 g/mol. The van der Waals surface area contributed by atoms with E-state index in [-0.39, 0.29) is 11.7 Å². The summed E-state index contributed by atoms with van der Waals surface area (Å²) in [6.07, 6.45) is 4.49. The first-order valence-corrected chi connectivity index (χ1v) is 5.97. The maximum atomic E-state index is 14.2. The number of rotatable bonds is 2. The molecule has 0 saturated heterocycles. The van der Waals surface area contributed by atoms with Crippen LogP contribution in [0.5, 0.6) is 0 Å². The van der Waals surface area contributed by atoms with Crippen molar-refractivity contribution in [1.29, 1.82) is 0 Å². The lowest BCUT2D eigenvalue weighted by atomic mass is 10.0. The van der Waals surface area contributed by atoms with E-state index in [9.17, 15) is 4.39 Å². The van der Waals surface area contributed by atoms with Gasteiger partial charge in [-0.25, -0.2) is 4.39 Å². The van der Waals surface area contributed by atoms with Gasteiger partial charge in [-0.1, -0.05) is 19.9 Å². The lowest BCUT2D eigenvalue weighted by Gasteiger charge is -2.09. The number of aromatic nitrogens is 1. The fourth-order valence-electron chi connectivity index (χ4n) is 2.34. The van der Waals surface area contributed by atoms with E-state index in [2.05, 4.69) is 10.6 Å². The molecule has 0 N–H and O–H groups in total. The minimum absolute atomic E-state index is 0.0353. The van der Waals surface area contributed by atoms with Gasteiger partial charge in [-0.2, -0.15) is 0 Å². The smallest absolute Gasteiger partial charge is 0.136 e. The van der Waals surface area contributed by atoms with Crippen LogP contribution >= 0.6 is 0 Å². The summed E-state index contributed by atoms with van der Waals surface area (Å²) in [7, 11) is 0. The molecule has 2 aromatic rings. The Balaban J connectivity index is 2.22. The van der Waals surface area contributed by atoms with Crippen LogP contribution in [0.15, 0.2) is 24.4 Å². The van der Waals surface area contributed by atoms with Gasteiger partial charge in [0.2, 0.25) is 0 Å². The third-order valence-electron chi connectivity index (χ3n) is 3.43. The number of hydrogen-bond acceptors (Lipinski definition) is 0. The van der Waals surface area contributed by atoms with Crippen molar-refractivity contribution in [1.82, 2.24) is 4.57 Å². The zero-order chi connectivity index (χ0) is 11.3. The largest absolute Gasteiger partial charge is 0.344 e. The molecule has 0 atom stereocenters. The molecule has 2 heteroatoms. The van der Waals surface area contributed by atoms with Crippen LogP contribution in [0.25, 0.3) is 10.9 Å². The zero-order valence-corrected chi connectivity index (χ0v) is 9.70. The van der Waals surface area contributed by atoms with Gasteiger partial charge in [-0.05, 0) is 36.5 Å². The summed E-state index contributed by atoms with van der Waals surface area (Å²) in [6.45, 7) is 4.06. The van der Waals surface area contributed by atoms with Crippen LogP contribution in [0.2, 0.25) is 0 Å². The summed E-state index contributed by atoms with van der Waals surface area (Å²) in [5.74, 6) is 0.209. The average molecular weight is 217 g/mol. The monoisotopic (exact) mass is 217 g/mol. The maximum Gasteiger partial charge on any atom is 0.136 e. The standard InChI is InChI=1S/C14H16FN/c1-9(2)11-5-6-13-12(14(11)15)7-8-16(13)10-3-4-10/h5-10H,3-4H2,1-2H3. The van der Waals surface area contributed by atoms with Crippen molar-refractivity contribution in [3.8, 4) is 0 Å². The summed E-state index contributed by atoms with van der Waals surface area (Å²) in [4.78, 5) is 0. The Hall–Kier alpha value is -1.31.